The summed E-state index contributed by atoms with van der Waals surface area (Å²) in [5, 5.41) is 6.64. The molecule has 0 aromatic heterocycles. The molecule has 0 unspecified atom stereocenters. The molecule has 0 spiro atoms. The van der Waals surface area contributed by atoms with Crippen molar-refractivity contribution in [3.8, 4) is 11.5 Å². The van der Waals surface area contributed by atoms with Gasteiger partial charge in [0, 0.05) is 5.69 Å². The average Bonchev–Trinajstić information content (AvgIpc) is 2.88. The molecule has 2 amide bonds. The van der Waals surface area contributed by atoms with Gasteiger partial charge in [0.15, 0.2) is 6.61 Å². The van der Waals surface area contributed by atoms with E-state index in [0.717, 1.165) is 21.7 Å². The van der Waals surface area contributed by atoms with Gasteiger partial charge in [-0.25, -0.2) is 13.8 Å². The first kappa shape index (κ1) is 28.2. The molecule has 0 aliphatic carbocycles. The van der Waals surface area contributed by atoms with E-state index in [9.17, 15) is 18.0 Å². The second-order valence-corrected chi connectivity index (χ2v) is 10.4. The van der Waals surface area contributed by atoms with E-state index in [1.807, 2.05) is 13.0 Å². The number of amides is 2. The number of nitrogens with zero attached hydrogens (tertiary/aromatic N) is 2. The van der Waals surface area contributed by atoms with Crippen LogP contribution >= 0.6 is 0 Å². The van der Waals surface area contributed by atoms with Gasteiger partial charge in [0.05, 0.1) is 25.3 Å². The van der Waals surface area contributed by atoms with Gasteiger partial charge in [0.1, 0.15) is 18.0 Å². The van der Waals surface area contributed by atoms with Gasteiger partial charge >= 0.3 is 0 Å². The molecule has 10 nitrogen and oxygen atoms in total. The monoisotopic (exact) mass is 538 g/mol. The van der Waals surface area contributed by atoms with Gasteiger partial charge in [0.2, 0.25) is 10.0 Å². The lowest BCUT2D eigenvalue weighted by Crippen LogP contribution is -2.39. The number of anilines is 2. The normalized spacial score (nSPS) is 11.2. The van der Waals surface area contributed by atoms with Crippen molar-refractivity contribution in [2.24, 2.45) is 5.10 Å². The van der Waals surface area contributed by atoms with Crippen LogP contribution in [-0.2, 0) is 19.6 Å². The molecule has 3 rings (SSSR count). The van der Waals surface area contributed by atoms with E-state index in [-0.39, 0.29) is 12.5 Å². The average molecular weight is 539 g/mol. The van der Waals surface area contributed by atoms with Gasteiger partial charge in [-0.2, -0.15) is 5.10 Å². The first-order valence-corrected chi connectivity index (χ1v) is 13.4. The number of sulfonamides is 1. The molecular formula is C27H30N4O6S. The van der Waals surface area contributed by atoms with Crippen LogP contribution in [0.15, 0.2) is 71.8 Å². The van der Waals surface area contributed by atoms with Crippen molar-refractivity contribution in [2.45, 2.75) is 13.8 Å². The van der Waals surface area contributed by atoms with Crippen LogP contribution in [0.4, 0.5) is 11.4 Å². The van der Waals surface area contributed by atoms with Crippen molar-refractivity contribution in [3.05, 3.63) is 83.4 Å². The minimum absolute atomic E-state index is 0.174. The zero-order chi connectivity index (χ0) is 27.7. The van der Waals surface area contributed by atoms with E-state index in [0.29, 0.717) is 28.4 Å². The minimum atomic E-state index is -3.69. The smallest absolute Gasteiger partial charge is 0.262 e. The van der Waals surface area contributed by atoms with Crippen LogP contribution in [-0.4, -0.2) is 53.0 Å². The number of hydrogen-bond acceptors (Lipinski definition) is 7. The van der Waals surface area contributed by atoms with Crippen molar-refractivity contribution >= 4 is 39.4 Å². The zero-order valence-electron chi connectivity index (χ0n) is 21.6. The van der Waals surface area contributed by atoms with Crippen LogP contribution in [0, 0.1) is 13.8 Å². The third kappa shape index (κ3) is 8.34. The lowest BCUT2D eigenvalue weighted by atomic mass is 10.1. The SMILES string of the molecule is COc1ccc(NC(=O)COc2ccc(/C=N/NC(=O)CN(c3cc(C)ccc3C)S(C)(=O)=O)cc2)cc1. The summed E-state index contributed by atoms with van der Waals surface area (Å²) >= 11 is 0. The molecule has 0 fully saturated rings. The van der Waals surface area contributed by atoms with Crippen LogP contribution < -0.4 is 24.5 Å². The molecule has 3 aromatic rings. The van der Waals surface area contributed by atoms with Crippen LogP contribution in [0.1, 0.15) is 16.7 Å². The summed E-state index contributed by atoms with van der Waals surface area (Å²) in [5.41, 5.74) is 5.70. The van der Waals surface area contributed by atoms with E-state index in [4.69, 9.17) is 9.47 Å². The number of carbonyl (C=O) groups is 2. The number of aryl methyl sites for hydroxylation is 2. The van der Waals surface area contributed by atoms with Crippen molar-refractivity contribution in [3.63, 3.8) is 0 Å². The maximum absolute atomic E-state index is 12.4. The molecule has 0 saturated carbocycles. The van der Waals surface area contributed by atoms with Gasteiger partial charge in [-0.05, 0) is 85.1 Å². The third-order valence-electron chi connectivity index (χ3n) is 5.35. The summed E-state index contributed by atoms with van der Waals surface area (Å²) in [7, 11) is -2.13. The van der Waals surface area contributed by atoms with Gasteiger partial charge in [0.25, 0.3) is 11.8 Å². The van der Waals surface area contributed by atoms with Crippen LogP contribution in [0.3, 0.4) is 0 Å². The van der Waals surface area contributed by atoms with Crippen LogP contribution in [0.25, 0.3) is 0 Å². The molecular weight excluding hydrogens is 508 g/mol. The molecule has 3 aromatic carbocycles. The highest BCUT2D eigenvalue weighted by Crippen LogP contribution is 2.23. The highest BCUT2D eigenvalue weighted by Gasteiger charge is 2.22. The van der Waals surface area contributed by atoms with E-state index < -0.39 is 22.5 Å². The zero-order valence-corrected chi connectivity index (χ0v) is 22.4. The van der Waals surface area contributed by atoms with Gasteiger partial charge < -0.3 is 14.8 Å². The number of rotatable bonds is 11. The Balaban J connectivity index is 1.50. The largest absolute Gasteiger partial charge is 0.497 e. The summed E-state index contributed by atoms with van der Waals surface area (Å²) in [6.45, 7) is 3.05. The Bertz CT molecular complexity index is 1400. The maximum Gasteiger partial charge on any atom is 0.262 e. The number of carbonyl (C=O) groups excluding carboxylic acids is 2. The number of hydrogen-bond donors (Lipinski definition) is 2. The molecule has 0 radical (unpaired) electrons. The molecule has 0 saturated heterocycles. The van der Waals surface area contributed by atoms with Gasteiger partial charge in [-0.1, -0.05) is 12.1 Å². The predicted octanol–water partition coefficient (Wildman–Crippen LogP) is 3.25. The maximum atomic E-state index is 12.4. The predicted molar refractivity (Wildman–Crippen MR) is 147 cm³/mol. The summed E-state index contributed by atoms with van der Waals surface area (Å²) in [6.07, 6.45) is 2.47. The highest BCUT2D eigenvalue weighted by atomic mass is 32.2. The molecule has 0 aliphatic rings. The molecule has 200 valence electrons. The molecule has 0 aliphatic heterocycles. The Labute approximate surface area is 222 Å². The molecule has 0 bridgehead atoms. The molecule has 2 N–H and O–H groups in total. The van der Waals surface area contributed by atoms with Crippen LogP contribution in [0.5, 0.6) is 11.5 Å². The van der Waals surface area contributed by atoms with Gasteiger partial charge in [-0.3, -0.25) is 13.9 Å². The summed E-state index contributed by atoms with van der Waals surface area (Å²) in [4.78, 5) is 24.5. The topological polar surface area (TPSA) is 126 Å². The first-order chi connectivity index (χ1) is 18.0. The quantitative estimate of drug-likeness (QED) is 0.285. The standard InChI is InChI=1S/C27H30N4O6S/c1-19-5-6-20(2)25(15-19)31(38(4,34)35)17-26(32)30-28-16-21-7-11-24(12-8-21)37-18-27(33)29-22-9-13-23(36-3)14-10-22/h5-16H,17-18H2,1-4H3,(H,29,33)(H,30,32)/b28-16+. The Hall–Kier alpha value is -4.38. The fourth-order valence-corrected chi connectivity index (χ4v) is 4.29. The number of nitrogens with one attached hydrogen (secondary N) is 2. The highest BCUT2D eigenvalue weighted by molar-refractivity contribution is 7.92. The molecule has 11 heteroatoms. The van der Waals surface area contributed by atoms with Crippen molar-refractivity contribution in [2.75, 3.05) is 36.1 Å². The number of hydrazone groups is 1. The van der Waals surface area contributed by atoms with Gasteiger partial charge in [-0.15, -0.1) is 0 Å². The Morgan fingerprint density at radius 2 is 1.61 bits per heavy atom. The number of benzene rings is 3. The Morgan fingerprint density at radius 1 is 0.947 bits per heavy atom. The second kappa shape index (κ2) is 12.7. The number of ether oxygens (including phenoxy) is 2. The van der Waals surface area contributed by atoms with Crippen molar-refractivity contribution in [1.29, 1.82) is 0 Å². The van der Waals surface area contributed by atoms with E-state index in [1.165, 1.54) is 6.21 Å². The Kier molecular flexibility index (Phi) is 9.44. The van der Waals surface area contributed by atoms with Crippen molar-refractivity contribution in [1.82, 2.24) is 5.43 Å². The molecule has 38 heavy (non-hydrogen) atoms. The fourth-order valence-electron chi connectivity index (χ4n) is 3.38. The lowest BCUT2D eigenvalue weighted by molar-refractivity contribution is -0.119. The second-order valence-electron chi connectivity index (χ2n) is 8.49. The summed E-state index contributed by atoms with van der Waals surface area (Å²) < 4.78 is 36.3. The fraction of sp³-hybridized carbons (Fsp3) is 0.222. The van der Waals surface area contributed by atoms with E-state index in [1.54, 1.807) is 74.7 Å². The van der Waals surface area contributed by atoms with Crippen LogP contribution in [0.2, 0.25) is 0 Å². The van der Waals surface area contributed by atoms with E-state index >= 15 is 0 Å². The molecule has 0 heterocycles. The van der Waals surface area contributed by atoms with Crippen molar-refractivity contribution < 1.29 is 27.5 Å². The lowest BCUT2D eigenvalue weighted by Gasteiger charge is -2.23. The summed E-state index contributed by atoms with van der Waals surface area (Å²) in [5.74, 6) is 0.270. The Morgan fingerprint density at radius 3 is 2.24 bits per heavy atom. The van der Waals surface area contributed by atoms with E-state index in [2.05, 4.69) is 15.8 Å². The summed E-state index contributed by atoms with van der Waals surface area (Å²) in [6, 6.07) is 19.1. The molecule has 0 atom stereocenters. The number of methoxy groups -OCH3 is 1. The minimum Gasteiger partial charge on any atom is -0.497 e. The first-order valence-electron chi connectivity index (χ1n) is 11.6. The third-order valence-corrected chi connectivity index (χ3v) is 6.47.